The third kappa shape index (κ3) is 2.32. The summed E-state index contributed by atoms with van der Waals surface area (Å²) in [5.74, 6) is 1.63. The summed E-state index contributed by atoms with van der Waals surface area (Å²) in [6, 6.07) is 8.67. The molecule has 0 aliphatic heterocycles. The van der Waals surface area contributed by atoms with E-state index in [2.05, 4.69) is 27.6 Å². The van der Waals surface area contributed by atoms with Gasteiger partial charge in [0.2, 0.25) is 0 Å². The molecule has 1 aromatic carbocycles. The number of ether oxygens (including phenoxy) is 1. The van der Waals surface area contributed by atoms with Crippen LogP contribution in [0.2, 0.25) is 0 Å². The van der Waals surface area contributed by atoms with Gasteiger partial charge in [0, 0.05) is 6.20 Å². The number of nitrogens with zero attached hydrogens (tertiary/aromatic N) is 1. The fraction of sp³-hybridized carbons (Fsp3) is 0.357. The summed E-state index contributed by atoms with van der Waals surface area (Å²) < 4.78 is 5.20. The zero-order chi connectivity index (χ0) is 12.4. The van der Waals surface area contributed by atoms with Gasteiger partial charge in [-0.1, -0.05) is 12.1 Å². The van der Waals surface area contributed by atoms with Crippen molar-refractivity contribution in [2.75, 3.05) is 12.4 Å². The van der Waals surface area contributed by atoms with Crippen LogP contribution in [0.3, 0.4) is 0 Å². The van der Waals surface area contributed by atoms with Gasteiger partial charge in [-0.2, -0.15) is 5.10 Å². The van der Waals surface area contributed by atoms with Gasteiger partial charge in [-0.25, -0.2) is 0 Å². The number of H-pyrrole nitrogens is 1. The Morgan fingerprint density at radius 3 is 2.67 bits per heavy atom. The lowest BCUT2D eigenvalue weighted by Gasteiger charge is -2.19. The Kier molecular flexibility index (Phi) is 2.92. The summed E-state index contributed by atoms with van der Waals surface area (Å²) in [5.41, 5.74) is 2.35. The van der Waals surface area contributed by atoms with Crippen molar-refractivity contribution in [2.45, 2.75) is 18.9 Å². The van der Waals surface area contributed by atoms with E-state index in [-0.39, 0.29) is 0 Å². The summed E-state index contributed by atoms with van der Waals surface area (Å²) in [5, 5.41) is 10.3. The number of anilines is 1. The van der Waals surface area contributed by atoms with Gasteiger partial charge >= 0.3 is 0 Å². The summed E-state index contributed by atoms with van der Waals surface area (Å²) in [6.07, 6.45) is 6.29. The summed E-state index contributed by atoms with van der Waals surface area (Å²) in [6.45, 7) is 0. The fourth-order valence-corrected chi connectivity index (χ4v) is 2.22. The molecule has 4 heteroatoms. The Morgan fingerprint density at radius 2 is 2.11 bits per heavy atom. The lowest BCUT2D eigenvalue weighted by molar-refractivity contribution is 0.414. The van der Waals surface area contributed by atoms with Gasteiger partial charge in [0.1, 0.15) is 5.75 Å². The number of aromatic nitrogens is 2. The second-order valence-corrected chi connectivity index (χ2v) is 4.72. The molecule has 0 saturated heterocycles. The normalized spacial score (nSPS) is 16.3. The van der Waals surface area contributed by atoms with Crippen LogP contribution in [0.15, 0.2) is 36.7 Å². The lowest BCUT2D eigenvalue weighted by Crippen LogP contribution is -2.12. The predicted octanol–water partition coefficient (Wildman–Crippen LogP) is 2.98. The molecule has 2 N–H and O–H groups in total. The third-order valence-electron chi connectivity index (χ3n) is 3.39. The molecule has 0 bridgehead atoms. The smallest absolute Gasteiger partial charge is 0.118 e. The molecule has 18 heavy (non-hydrogen) atoms. The zero-order valence-corrected chi connectivity index (χ0v) is 10.4. The van der Waals surface area contributed by atoms with Crippen LogP contribution >= 0.6 is 0 Å². The van der Waals surface area contributed by atoms with E-state index in [1.165, 1.54) is 18.4 Å². The first-order valence-corrected chi connectivity index (χ1v) is 6.26. The maximum atomic E-state index is 5.20. The van der Waals surface area contributed by atoms with Crippen molar-refractivity contribution >= 4 is 5.69 Å². The topological polar surface area (TPSA) is 49.9 Å². The van der Waals surface area contributed by atoms with Gasteiger partial charge in [0.25, 0.3) is 0 Å². The summed E-state index contributed by atoms with van der Waals surface area (Å²) in [7, 11) is 1.69. The second kappa shape index (κ2) is 4.72. The Morgan fingerprint density at radius 1 is 1.33 bits per heavy atom. The first-order chi connectivity index (χ1) is 8.86. The van der Waals surface area contributed by atoms with Gasteiger partial charge in [-0.3, -0.25) is 5.10 Å². The largest absolute Gasteiger partial charge is 0.497 e. The average molecular weight is 243 g/mol. The Hall–Kier alpha value is -1.97. The van der Waals surface area contributed by atoms with Crippen molar-refractivity contribution in [3.8, 4) is 5.75 Å². The molecule has 4 nitrogen and oxygen atoms in total. The summed E-state index contributed by atoms with van der Waals surface area (Å²) in [4.78, 5) is 0. The molecular weight excluding hydrogens is 226 g/mol. The first kappa shape index (κ1) is 11.1. The molecule has 1 aromatic heterocycles. The fourth-order valence-electron chi connectivity index (χ4n) is 2.22. The van der Waals surface area contributed by atoms with Crippen LogP contribution in [-0.2, 0) is 0 Å². The van der Waals surface area contributed by atoms with E-state index >= 15 is 0 Å². The molecule has 3 rings (SSSR count). The van der Waals surface area contributed by atoms with E-state index in [0.717, 1.165) is 17.4 Å². The monoisotopic (exact) mass is 243 g/mol. The van der Waals surface area contributed by atoms with Crippen molar-refractivity contribution in [3.63, 3.8) is 0 Å². The van der Waals surface area contributed by atoms with E-state index in [9.17, 15) is 0 Å². The Balaban J connectivity index is 1.80. The predicted molar refractivity (Wildman–Crippen MR) is 70.7 cm³/mol. The number of benzene rings is 1. The lowest BCUT2D eigenvalue weighted by atomic mass is 10.0. The third-order valence-corrected chi connectivity index (χ3v) is 3.39. The molecule has 1 aliphatic rings. The van der Waals surface area contributed by atoms with Gasteiger partial charge < -0.3 is 10.1 Å². The molecular formula is C14H17N3O. The van der Waals surface area contributed by atoms with Gasteiger partial charge in [0.15, 0.2) is 0 Å². The maximum absolute atomic E-state index is 5.20. The van der Waals surface area contributed by atoms with E-state index < -0.39 is 0 Å². The van der Waals surface area contributed by atoms with Crippen molar-refractivity contribution in [2.24, 2.45) is 5.92 Å². The molecule has 1 saturated carbocycles. The van der Waals surface area contributed by atoms with E-state index in [4.69, 9.17) is 4.74 Å². The average Bonchev–Trinajstić information content (AvgIpc) is 3.13. The summed E-state index contributed by atoms with van der Waals surface area (Å²) >= 11 is 0. The molecule has 1 aliphatic carbocycles. The van der Waals surface area contributed by atoms with Crippen LogP contribution in [0.5, 0.6) is 5.75 Å². The van der Waals surface area contributed by atoms with Crippen LogP contribution in [0.1, 0.15) is 24.4 Å². The van der Waals surface area contributed by atoms with E-state index in [0.29, 0.717) is 6.04 Å². The van der Waals surface area contributed by atoms with Crippen molar-refractivity contribution in [1.82, 2.24) is 10.2 Å². The zero-order valence-electron chi connectivity index (χ0n) is 10.4. The highest BCUT2D eigenvalue weighted by molar-refractivity contribution is 5.43. The number of hydrogen-bond acceptors (Lipinski definition) is 3. The van der Waals surface area contributed by atoms with Crippen LogP contribution < -0.4 is 10.1 Å². The van der Waals surface area contributed by atoms with Crippen LogP contribution in [0.4, 0.5) is 5.69 Å². The molecule has 2 aromatic rings. The van der Waals surface area contributed by atoms with Gasteiger partial charge in [-0.15, -0.1) is 0 Å². The highest BCUT2D eigenvalue weighted by Gasteiger charge is 2.32. The van der Waals surface area contributed by atoms with Gasteiger partial charge in [0.05, 0.1) is 25.0 Å². The standard InChI is InChI=1S/C14H17N3O/c1-18-13-6-4-11(5-7-13)14(10-2-3-10)17-12-8-15-16-9-12/h4-10,14,17H,2-3H2,1H3,(H,15,16). The van der Waals surface area contributed by atoms with Crippen LogP contribution in [-0.4, -0.2) is 17.3 Å². The molecule has 1 fully saturated rings. The first-order valence-electron chi connectivity index (χ1n) is 6.26. The molecule has 1 heterocycles. The minimum Gasteiger partial charge on any atom is -0.497 e. The number of rotatable bonds is 5. The van der Waals surface area contributed by atoms with Crippen molar-refractivity contribution < 1.29 is 4.74 Å². The minimum atomic E-state index is 0.369. The van der Waals surface area contributed by atoms with E-state index in [1.807, 2.05) is 24.5 Å². The molecule has 0 amide bonds. The maximum Gasteiger partial charge on any atom is 0.118 e. The van der Waals surface area contributed by atoms with Crippen LogP contribution in [0.25, 0.3) is 0 Å². The number of aromatic amines is 1. The minimum absolute atomic E-state index is 0.369. The Bertz CT molecular complexity index is 488. The van der Waals surface area contributed by atoms with Crippen molar-refractivity contribution in [3.05, 3.63) is 42.2 Å². The van der Waals surface area contributed by atoms with E-state index in [1.54, 1.807) is 7.11 Å². The Labute approximate surface area is 106 Å². The second-order valence-electron chi connectivity index (χ2n) is 4.72. The highest BCUT2D eigenvalue weighted by Crippen LogP contribution is 2.43. The van der Waals surface area contributed by atoms with Crippen molar-refractivity contribution in [1.29, 1.82) is 0 Å². The SMILES string of the molecule is COc1ccc(C(Nc2cn[nH]c2)C2CC2)cc1. The quantitative estimate of drug-likeness (QED) is 0.848. The number of methoxy groups -OCH3 is 1. The molecule has 1 atom stereocenters. The molecule has 94 valence electrons. The molecule has 1 unspecified atom stereocenters. The molecule has 0 spiro atoms. The van der Waals surface area contributed by atoms with Crippen LogP contribution in [0, 0.1) is 5.92 Å². The number of nitrogens with one attached hydrogen (secondary N) is 2. The highest BCUT2D eigenvalue weighted by atomic mass is 16.5. The number of hydrogen-bond donors (Lipinski definition) is 2. The van der Waals surface area contributed by atoms with Gasteiger partial charge in [-0.05, 0) is 36.5 Å². The molecule has 0 radical (unpaired) electrons.